The largest absolute Gasteiger partial charge is 0.296 e. The second-order valence-corrected chi connectivity index (χ2v) is 6.15. The van der Waals surface area contributed by atoms with E-state index in [1.54, 1.807) is 6.20 Å². The first-order chi connectivity index (χ1) is 8.47. The number of rotatable bonds is 2. The molecule has 0 N–H and O–H groups in total. The minimum Gasteiger partial charge on any atom is -0.296 e. The maximum absolute atomic E-state index is 4.17. The van der Waals surface area contributed by atoms with Crippen molar-refractivity contribution in [1.82, 2.24) is 20.0 Å². The van der Waals surface area contributed by atoms with Crippen LogP contribution in [0.3, 0.4) is 0 Å². The van der Waals surface area contributed by atoms with Crippen LogP contribution in [0.2, 0.25) is 0 Å². The van der Waals surface area contributed by atoms with Crippen LogP contribution in [0.15, 0.2) is 18.3 Å². The van der Waals surface area contributed by atoms with Gasteiger partial charge >= 0.3 is 0 Å². The lowest BCUT2D eigenvalue weighted by Gasteiger charge is -2.45. The molecule has 0 aromatic carbocycles. The van der Waals surface area contributed by atoms with E-state index in [1.807, 2.05) is 6.07 Å². The Morgan fingerprint density at radius 2 is 2.11 bits per heavy atom. The highest BCUT2D eigenvalue weighted by molar-refractivity contribution is 5.00. The van der Waals surface area contributed by atoms with Gasteiger partial charge in [-0.3, -0.25) is 9.80 Å². The lowest BCUT2D eigenvalue weighted by Crippen LogP contribution is -2.56. The van der Waals surface area contributed by atoms with Crippen LogP contribution in [-0.2, 0) is 6.54 Å². The first-order valence-electron chi connectivity index (χ1n) is 6.72. The Labute approximate surface area is 110 Å². The van der Waals surface area contributed by atoms with Gasteiger partial charge in [-0.05, 0) is 39.8 Å². The average molecular weight is 248 g/mol. The summed E-state index contributed by atoms with van der Waals surface area (Å²) >= 11 is 0. The van der Waals surface area contributed by atoms with E-state index in [2.05, 4.69) is 53.8 Å². The van der Waals surface area contributed by atoms with Gasteiger partial charge in [-0.15, -0.1) is 0 Å². The summed E-state index contributed by atoms with van der Waals surface area (Å²) in [6.07, 6.45) is 1.73. The molecule has 1 aromatic heterocycles. The minimum atomic E-state index is 0.271. The van der Waals surface area contributed by atoms with E-state index < -0.39 is 0 Å². The number of piperazine rings is 1. The molecule has 0 bridgehead atoms. The molecule has 0 amide bonds. The predicted octanol–water partition coefficient (Wildman–Crippen LogP) is 1.78. The van der Waals surface area contributed by atoms with Crippen LogP contribution in [0.5, 0.6) is 0 Å². The Bertz CT molecular complexity index is 371. The molecule has 2 heterocycles. The smallest absolute Gasteiger partial charge is 0.0771 e. The van der Waals surface area contributed by atoms with Crippen LogP contribution in [0, 0.1) is 0 Å². The number of nitrogens with zero attached hydrogens (tertiary/aromatic N) is 4. The highest BCUT2D eigenvalue weighted by Crippen LogP contribution is 2.20. The van der Waals surface area contributed by atoms with Crippen LogP contribution in [0.1, 0.15) is 33.4 Å². The first-order valence-corrected chi connectivity index (χ1v) is 6.72. The molecule has 0 unspecified atom stereocenters. The third kappa shape index (κ3) is 3.27. The van der Waals surface area contributed by atoms with Crippen molar-refractivity contribution in [1.29, 1.82) is 0 Å². The Balaban J connectivity index is 1.94. The molecule has 4 heteroatoms. The molecule has 18 heavy (non-hydrogen) atoms. The van der Waals surface area contributed by atoms with Crippen LogP contribution in [0.25, 0.3) is 0 Å². The molecule has 4 nitrogen and oxygen atoms in total. The zero-order valence-corrected chi connectivity index (χ0v) is 11.9. The molecule has 1 saturated heterocycles. The van der Waals surface area contributed by atoms with Crippen molar-refractivity contribution in [3.8, 4) is 0 Å². The fourth-order valence-electron chi connectivity index (χ4n) is 2.47. The Morgan fingerprint density at radius 1 is 1.33 bits per heavy atom. The van der Waals surface area contributed by atoms with E-state index in [4.69, 9.17) is 0 Å². The Morgan fingerprint density at radius 3 is 2.67 bits per heavy atom. The Hall–Kier alpha value is -1.00. The minimum absolute atomic E-state index is 0.271. The van der Waals surface area contributed by atoms with Gasteiger partial charge < -0.3 is 0 Å². The van der Waals surface area contributed by atoms with Crippen molar-refractivity contribution in [2.24, 2.45) is 0 Å². The number of hydrogen-bond acceptors (Lipinski definition) is 4. The molecule has 1 atom stereocenters. The molecular weight excluding hydrogens is 224 g/mol. The second-order valence-electron chi connectivity index (χ2n) is 6.15. The molecule has 1 aliphatic rings. The van der Waals surface area contributed by atoms with Crippen molar-refractivity contribution in [2.75, 3.05) is 19.6 Å². The Kier molecular flexibility index (Phi) is 3.97. The molecule has 0 aliphatic carbocycles. The molecule has 0 saturated carbocycles. The van der Waals surface area contributed by atoms with E-state index in [0.29, 0.717) is 6.04 Å². The molecular formula is C14H24N4. The quantitative estimate of drug-likeness (QED) is 0.798. The van der Waals surface area contributed by atoms with E-state index >= 15 is 0 Å². The third-order valence-electron chi connectivity index (χ3n) is 3.71. The summed E-state index contributed by atoms with van der Waals surface area (Å²) < 4.78 is 0. The average Bonchev–Trinajstić information content (AvgIpc) is 2.32. The summed E-state index contributed by atoms with van der Waals surface area (Å²) in [5, 5.41) is 8.11. The van der Waals surface area contributed by atoms with Gasteiger partial charge in [0.2, 0.25) is 0 Å². The SMILES string of the molecule is C[C@H]1CN(C(C)(C)C)CCN1Cc1cccnn1. The number of aromatic nitrogens is 2. The molecule has 1 aromatic rings. The van der Waals surface area contributed by atoms with E-state index in [0.717, 1.165) is 31.9 Å². The summed E-state index contributed by atoms with van der Waals surface area (Å²) in [4.78, 5) is 5.05. The molecule has 0 radical (unpaired) electrons. The lowest BCUT2D eigenvalue weighted by atomic mass is 10.0. The van der Waals surface area contributed by atoms with E-state index in [-0.39, 0.29) is 5.54 Å². The van der Waals surface area contributed by atoms with Crippen LogP contribution in [-0.4, -0.2) is 51.2 Å². The van der Waals surface area contributed by atoms with Gasteiger partial charge in [-0.2, -0.15) is 10.2 Å². The zero-order chi connectivity index (χ0) is 13.2. The fraction of sp³-hybridized carbons (Fsp3) is 0.714. The summed E-state index contributed by atoms with van der Waals surface area (Å²) in [5.41, 5.74) is 1.33. The van der Waals surface area contributed by atoms with Gasteiger partial charge in [0.05, 0.1) is 5.69 Å². The third-order valence-corrected chi connectivity index (χ3v) is 3.71. The zero-order valence-electron chi connectivity index (χ0n) is 11.9. The summed E-state index contributed by atoms with van der Waals surface area (Å²) in [6.45, 7) is 13.4. The number of hydrogen-bond donors (Lipinski definition) is 0. The molecule has 2 rings (SSSR count). The summed E-state index contributed by atoms with van der Waals surface area (Å²) in [7, 11) is 0. The van der Waals surface area contributed by atoms with Crippen molar-refractivity contribution in [3.05, 3.63) is 24.0 Å². The van der Waals surface area contributed by atoms with Gasteiger partial charge in [0.1, 0.15) is 0 Å². The standard InChI is InChI=1S/C14H24N4/c1-12-10-18(14(2,3)4)9-8-17(12)11-13-6-5-7-15-16-13/h5-7,12H,8-11H2,1-4H3/t12-/m0/s1. The van der Waals surface area contributed by atoms with Crippen molar-refractivity contribution in [2.45, 2.75) is 45.8 Å². The normalized spacial score (nSPS) is 23.2. The van der Waals surface area contributed by atoms with Gasteiger partial charge in [-0.25, -0.2) is 0 Å². The maximum Gasteiger partial charge on any atom is 0.0771 e. The molecule has 0 spiro atoms. The van der Waals surface area contributed by atoms with Crippen molar-refractivity contribution in [3.63, 3.8) is 0 Å². The molecule has 100 valence electrons. The monoisotopic (exact) mass is 248 g/mol. The van der Waals surface area contributed by atoms with Crippen LogP contribution >= 0.6 is 0 Å². The van der Waals surface area contributed by atoms with Crippen LogP contribution in [0.4, 0.5) is 0 Å². The predicted molar refractivity (Wildman–Crippen MR) is 73.2 cm³/mol. The first kappa shape index (κ1) is 13.4. The highest BCUT2D eigenvalue weighted by atomic mass is 15.3. The molecule has 1 fully saturated rings. The van der Waals surface area contributed by atoms with E-state index in [1.165, 1.54) is 0 Å². The van der Waals surface area contributed by atoms with Crippen molar-refractivity contribution >= 4 is 0 Å². The highest BCUT2D eigenvalue weighted by Gasteiger charge is 2.30. The van der Waals surface area contributed by atoms with Crippen molar-refractivity contribution < 1.29 is 0 Å². The fourth-order valence-corrected chi connectivity index (χ4v) is 2.47. The molecule has 1 aliphatic heterocycles. The second kappa shape index (κ2) is 5.33. The van der Waals surface area contributed by atoms with Gasteiger partial charge in [0, 0.05) is 44.0 Å². The summed E-state index contributed by atoms with van der Waals surface area (Å²) in [6, 6.07) is 4.58. The maximum atomic E-state index is 4.17. The van der Waals surface area contributed by atoms with Gasteiger partial charge in [0.25, 0.3) is 0 Å². The summed E-state index contributed by atoms with van der Waals surface area (Å²) in [5.74, 6) is 0. The lowest BCUT2D eigenvalue weighted by molar-refractivity contribution is 0.0239. The topological polar surface area (TPSA) is 32.3 Å². The van der Waals surface area contributed by atoms with E-state index in [9.17, 15) is 0 Å². The van der Waals surface area contributed by atoms with Gasteiger partial charge in [0.15, 0.2) is 0 Å². The van der Waals surface area contributed by atoms with Gasteiger partial charge in [-0.1, -0.05) is 0 Å². The van der Waals surface area contributed by atoms with Crippen LogP contribution < -0.4 is 0 Å².